The topological polar surface area (TPSA) is 12.9 Å². The van der Waals surface area contributed by atoms with Crippen molar-refractivity contribution >= 4 is 15.9 Å². The summed E-state index contributed by atoms with van der Waals surface area (Å²) in [5.74, 6) is -0.190. The largest absolute Gasteiger partial charge is 0.260 e. The Morgan fingerprint density at radius 1 is 1.70 bits per heavy atom. The van der Waals surface area contributed by atoms with Gasteiger partial charge in [0, 0.05) is 17.1 Å². The highest BCUT2D eigenvalue weighted by Crippen LogP contribution is 2.07. The van der Waals surface area contributed by atoms with Crippen molar-refractivity contribution in [2.45, 2.75) is 12.3 Å². The molecule has 0 atom stereocenters. The first-order chi connectivity index (χ1) is 4.74. The normalized spacial score (nSPS) is 9.90. The zero-order valence-electron chi connectivity index (χ0n) is 5.56. The van der Waals surface area contributed by atoms with Crippen molar-refractivity contribution in [3.63, 3.8) is 0 Å². The minimum Gasteiger partial charge on any atom is -0.260 e. The molecule has 3 heteroatoms. The number of pyridine rings is 1. The Labute approximate surface area is 67.4 Å². The van der Waals surface area contributed by atoms with Gasteiger partial charge >= 0.3 is 0 Å². The molecular weight excluding hydrogens is 197 g/mol. The van der Waals surface area contributed by atoms with E-state index in [-0.39, 0.29) is 5.82 Å². The predicted molar refractivity (Wildman–Crippen MR) is 41.6 cm³/mol. The monoisotopic (exact) mass is 203 g/mol. The van der Waals surface area contributed by atoms with Gasteiger partial charge in [-0.15, -0.1) is 0 Å². The Balaban J connectivity index is 3.04. The number of hydrogen-bond acceptors (Lipinski definition) is 1. The van der Waals surface area contributed by atoms with Gasteiger partial charge in [0.1, 0.15) is 5.82 Å². The van der Waals surface area contributed by atoms with E-state index >= 15 is 0 Å². The van der Waals surface area contributed by atoms with Crippen LogP contribution in [0.2, 0.25) is 0 Å². The Bertz CT molecular complexity index is 237. The second-order valence-corrected chi connectivity index (χ2v) is 2.62. The van der Waals surface area contributed by atoms with Crippen LogP contribution < -0.4 is 0 Å². The molecule has 1 aromatic heterocycles. The molecule has 0 aliphatic rings. The van der Waals surface area contributed by atoms with Gasteiger partial charge in [-0.05, 0) is 13.0 Å². The van der Waals surface area contributed by atoms with Crippen LogP contribution in [0.1, 0.15) is 11.3 Å². The molecule has 0 saturated heterocycles. The van der Waals surface area contributed by atoms with E-state index in [0.29, 0.717) is 10.9 Å². The molecule has 1 nitrogen and oxygen atoms in total. The molecule has 54 valence electrons. The standard InChI is InChI=1S/C7H7BrFN/c1-5-4-10-6(3-8)2-7(5)9/h2,4H,3H2,1H3. The van der Waals surface area contributed by atoms with E-state index in [9.17, 15) is 4.39 Å². The van der Waals surface area contributed by atoms with Crippen LogP contribution in [0.15, 0.2) is 12.3 Å². The van der Waals surface area contributed by atoms with E-state index in [1.807, 2.05) is 0 Å². The van der Waals surface area contributed by atoms with Crippen LogP contribution in [0.3, 0.4) is 0 Å². The molecule has 1 aromatic rings. The first-order valence-electron chi connectivity index (χ1n) is 2.91. The van der Waals surface area contributed by atoms with Crippen LogP contribution in [0, 0.1) is 12.7 Å². The van der Waals surface area contributed by atoms with Crippen molar-refractivity contribution in [2.75, 3.05) is 0 Å². The van der Waals surface area contributed by atoms with Crippen LogP contribution in [0.25, 0.3) is 0 Å². The van der Waals surface area contributed by atoms with E-state index in [0.717, 1.165) is 5.69 Å². The molecular formula is C7H7BrFN. The van der Waals surface area contributed by atoms with Gasteiger partial charge in [0.15, 0.2) is 0 Å². The SMILES string of the molecule is Cc1cnc(CBr)cc1F. The third-order valence-corrected chi connectivity index (χ3v) is 1.81. The summed E-state index contributed by atoms with van der Waals surface area (Å²) in [7, 11) is 0. The first-order valence-corrected chi connectivity index (χ1v) is 4.03. The summed E-state index contributed by atoms with van der Waals surface area (Å²) in [6, 6.07) is 1.43. The van der Waals surface area contributed by atoms with Crippen LogP contribution in [-0.2, 0) is 5.33 Å². The average molecular weight is 204 g/mol. The van der Waals surface area contributed by atoms with Gasteiger partial charge in [-0.25, -0.2) is 4.39 Å². The molecule has 0 N–H and O–H groups in total. The number of nitrogens with zero attached hydrogens (tertiary/aromatic N) is 1. The molecule has 10 heavy (non-hydrogen) atoms. The fraction of sp³-hybridized carbons (Fsp3) is 0.286. The highest BCUT2D eigenvalue weighted by atomic mass is 79.9. The van der Waals surface area contributed by atoms with Gasteiger partial charge in [-0.3, -0.25) is 4.98 Å². The molecule has 0 aromatic carbocycles. The minimum atomic E-state index is -0.190. The van der Waals surface area contributed by atoms with Crippen molar-refractivity contribution in [1.82, 2.24) is 4.98 Å². The van der Waals surface area contributed by atoms with Gasteiger partial charge in [-0.1, -0.05) is 15.9 Å². The summed E-state index contributed by atoms with van der Waals surface area (Å²) in [6.45, 7) is 1.69. The molecule has 0 aliphatic heterocycles. The van der Waals surface area contributed by atoms with Gasteiger partial charge in [0.2, 0.25) is 0 Å². The van der Waals surface area contributed by atoms with Crippen LogP contribution in [0.5, 0.6) is 0 Å². The van der Waals surface area contributed by atoms with Crippen molar-refractivity contribution in [3.05, 3.63) is 29.3 Å². The Morgan fingerprint density at radius 3 is 2.90 bits per heavy atom. The Hall–Kier alpha value is -0.440. The maximum absolute atomic E-state index is 12.7. The van der Waals surface area contributed by atoms with Crippen molar-refractivity contribution in [2.24, 2.45) is 0 Å². The van der Waals surface area contributed by atoms with E-state index in [1.54, 1.807) is 6.92 Å². The van der Waals surface area contributed by atoms with Gasteiger partial charge in [0.05, 0.1) is 5.69 Å². The summed E-state index contributed by atoms with van der Waals surface area (Å²) in [6.07, 6.45) is 1.53. The van der Waals surface area contributed by atoms with E-state index < -0.39 is 0 Å². The van der Waals surface area contributed by atoms with Gasteiger partial charge in [-0.2, -0.15) is 0 Å². The van der Waals surface area contributed by atoms with Crippen molar-refractivity contribution in [3.8, 4) is 0 Å². The summed E-state index contributed by atoms with van der Waals surface area (Å²) in [5.41, 5.74) is 1.31. The lowest BCUT2D eigenvalue weighted by Crippen LogP contribution is -1.89. The number of halogens is 2. The third kappa shape index (κ3) is 1.53. The number of hydrogen-bond donors (Lipinski definition) is 0. The molecule has 0 aliphatic carbocycles. The number of alkyl halides is 1. The molecule has 1 heterocycles. The molecule has 0 radical (unpaired) electrons. The first kappa shape index (κ1) is 7.66. The second-order valence-electron chi connectivity index (χ2n) is 2.06. The Morgan fingerprint density at radius 2 is 2.40 bits per heavy atom. The Kier molecular flexibility index (Phi) is 2.38. The van der Waals surface area contributed by atoms with Crippen LogP contribution in [0.4, 0.5) is 4.39 Å². The zero-order valence-corrected chi connectivity index (χ0v) is 7.15. The maximum atomic E-state index is 12.7. The van der Waals surface area contributed by atoms with Gasteiger partial charge in [0.25, 0.3) is 0 Å². The summed E-state index contributed by atoms with van der Waals surface area (Å²) in [4.78, 5) is 3.97. The van der Waals surface area contributed by atoms with E-state index in [1.165, 1.54) is 12.3 Å². The lowest BCUT2D eigenvalue weighted by molar-refractivity contribution is 0.614. The highest BCUT2D eigenvalue weighted by Gasteiger charge is 1.97. The van der Waals surface area contributed by atoms with E-state index in [4.69, 9.17) is 0 Å². The lowest BCUT2D eigenvalue weighted by Gasteiger charge is -1.96. The second kappa shape index (κ2) is 3.10. The molecule has 0 fully saturated rings. The molecule has 0 bridgehead atoms. The highest BCUT2D eigenvalue weighted by molar-refractivity contribution is 9.08. The molecule has 0 saturated carbocycles. The summed E-state index contributed by atoms with van der Waals surface area (Å²) in [5, 5.41) is 0.601. The molecule has 1 rings (SSSR count). The van der Waals surface area contributed by atoms with Crippen molar-refractivity contribution < 1.29 is 4.39 Å². The maximum Gasteiger partial charge on any atom is 0.129 e. The summed E-state index contributed by atoms with van der Waals surface area (Å²) < 4.78 is 12.7. The number of aromatic nitrogens is 1. The average Bonchev–Trinajstić information content (AvgIpc) is 1.95. The van der Waals surface area contributed by atoms with Crippen LogP contribution in [-0.4, -0.2) is 4.98 Å². The predicted octanol–water partition coefficient (Wildman–Crippen LogP) is 2.42. The zero-order chi connectivity index (χ0) is 7.56. The molecule has 0 unspecified atom stereocenters. The molecule has 0 spiro atoms. The third-order valence-electron chi connectivity index (χ3n) is 1.23. The minimum absolute atomic E-state index is 0.190. The summed E-state index contributed by atoms with van der Waals surface area (Å²) >= 11 is 3.19. The number of aryl methyl sites for hydroxylation is 1. The quantitative estimate of drug-likeness (QED) is 0.640. The smallest absolute Gasteiger partial charge is 0.129 e. The van der Waals surface area contributed by atoms with Gasteiger partial charge < -0.3 is 0 Å². The lowest BCUT2D eigenvalue weighted by atomic mass is 10.3. The molecule has 0 amide bonds. The fourth-order valence-corrected chi connectivity index (χ4v) is 0.919. The fourth-order valence-electron chi connectivity index (χ4n) is 0.612. The van der Waals surface area contributed by atoms with E-state index in [2.05, 4.69) is 20.9 Å². The van der Waals surface area contributed by atoms with Crippen LogP contribution >= 0.6 is 15.9 Å². The number of rotatable bonds is 1. The van der Waals surface area contributed by atoms with Crippen molar-refractivity contribution in [1.29, 1.82) is 0 Å².